The third-order valence-corrected chi connectivity index (χ3v) is 4.31. The zero-order chi connectivity index (χ0) is 11.7. The van der Waals surface area contributed by atoms with Crippen LogP contribution in [0.3, 0.4) is 0 Å². The number of nitrogens with zero attached hydrogens (tertiary/aromatic N) is 2. The summed E-state index contributed by atoms with van der Waals surface area (Å²) in [5.41, 5.74) is 3.83. The molecule has 0 aliphatic heterocycles. The average molecular weight is 304 g/mol. The molecule has 1 heterocycles. The van der Waals surface area contributed by atoms with Gasteiger partial charge in [-0.2, -0.15) is 5.10 Å². The van der Waals surface area contributed by atoms with Gasteiger partial charge in [0.1, 0.15) is 0 Å². The summed E-state index contributed by atoms with van der Waals surface area (Å²) in [5.74, 6) is 0. The quantitative estimate of drug-likeness (QED) is 0.616. The van der Waals surface area contributed by atoms with Gasteiger partial charge in [0.25, 0.3) is 0 Å². The number of alkyl halides is 1. The Bertz CT molecular complexity index is 423. The standard InChI is InChI=1S/C12H16BrClN2/c1-3-10-12(13)11(16(2)15-10)7-8-4-5-9(14)6-8/h6,9H,3-5,7H2,1-2H3. The van der Waals surface area contributed by atoms with Gasteiger partial charge in [-0.15, -0.1) is 11.6 Å². The van der Waals surface area contributed by atoms with Crippen molar-refractivity contribution in [3.63, 3.8) is 0 Å². The number of aryl methyl sites for hydroxylation is 2. The van der Waals surface area contributed by atoms with E-state index in [0.29, 0.717) is 0 Å². The maximum atomic E-state index is 6.07. The molecule has 1 aliphatic carbocycles. The van der Waals surface area contributed by atoms with Gasteiger partial charge in [0, 0.05) is 13.5 Å². The van der Waals surface area contributed by atoms with E-state index in [0.717, 1.165) is 35.8 Å². The van der Waals surface area contributed by atoms with E-state index in [4.69, 9.17) is 11.6 Å². The molecule has 1 aliphatic rings. The lowest BCUT2D eigenvalue weighted by molar-refractivity contribution is 0.704. The highest BCUT2D eigenvalue weighted by molar-refractivity contribution is 9.10. The highest BCUT2D eigenvalue weighted by Crippen LogP contribution is 2.29. The molecule has 1 aromatic heterocycles. The van der Waals surface area contributed by atoms with Gasteiger partial charge in [-0.25, -0.2) is 0 Å². The molecule has 2 nitrogen and oxygen atoms in total. The van der Waals surface area contributed by atoms with Crippen molar-refractivity contribution in [1.29, 1.82) is 0 Å². The summed E-state index contributed by atoms with van der Waals surface area (Å²) in [6.07, 6.45) is 6.31. The van der Waals surface area contributed by atoms with E-state index in [9.17, 15) is 0 Å². The highest BCUT2D eigenvalue weighted by Gasteiger charge is 2.18. The van der Waals surface area contributed by atoms with Gasteiger partial charge in [0.05, 0.1) is 21.2 Å². The summed E-state index contributed by atoms with van der Waals surface area (Å²) in [4.78, 5) is 0. The maximum Gasteiger partial charge on any atom is 0.0766 e. The van der Waals surface area contributed by atoms with Crippen molar-refractivity contribution >= 4 is 27.5 Å². The van der Waals surface area contributed by atoms with Crippen LogP contribution in [0.25, 0.3) is 0 Å². The molecule has 0 bridgehead atoms. The molecule has 0 radical (unpaired) electrons. The minimum atomic E-state index is 0.229. The molecule has 0 saturated heterocycles. The minimum Gasteiger partial charge on any atom is -0.271 e. The molecule has 1 atom stereocenters. The predicted octanol–water partition coefficient (Wildman–Crippen LogP) is 3.62. The molecule has 0 saturated carbocycles. The number of aromatic nitrogens is 2. The zero-order valence-electron chi connectivity index (χ0n) is 9.63. The van der Waals surface area contributed by atoms with Gasteiger partial charge < -0.3 is 0 Å². The van der Waals surface area contributed by atoms with Crippen molar-refractivity contribution in [2.75, 3.05) is 0 Å². The Morgan fingerprint density at radius 3 is 2.88 bits per heavy atom. The molecule has 16 heavy (non-hydrogen) atoms. The molecular formula is C12H16BrClN2. The van der Waals surface area contributed by atoms with Crippen LogP contribution in [0.2, 0.25) is 0 Å². The van der Waals surface area contributed by atoms with Crippen LogP contribution in [0.4, 0.5) is 0 Å². The Balaban J connectivity index is 2.21. The van der Waals surface area contributed by atoms with E-state index in [1.807, 2.05) is 11.7 Å². The Morgan fingerprint density at radius 1 is 1.62 bits per heavy atom. The fraction of sp³-hybridized carbons (Fsp3) is 0.583. The first-order valence-corrected chi connectivity index (χ1v) is 6.88. The van der Waals surface area contributed by atoms with Gasteiger partial charge in [0.15, 0.2) is 0 Å². The van der Waals surface area contributed by atoms with Gasteiger partial charge in [-0.05, 0) is 35.2 Å². The Labute approximate surface area is 110 Å². The van der Waals surface area contributed by atoms with Gasteiger partial charge in [-0.3, -0.25) is 4.68 Å². The molecule has 0 fully saturated rings. The zero-order valence-corrected chi connectivity index (χ0v) is 12.0. The second-order valence-corrected chi connectivity index (χ2v) is 5.59. The van der Waals surface area contributed by atoms with Crippen LogP contribution in [-0.2, 0) is 19.9 Å². The lowest BCUT2D eigenvalue weighted by Gasteiger charge is -2.03. The summed E-state index contributed by atoms with van der Waals surface area (Å²) >= 11 is 9.72. The number of allylic oxidation sites excluding steroid dienone is 2. The third-order valence-electron chi connectivity index (χ3n) is 3.06. The van der Waals surface area contributed by atoms with Crippen LogP contribution in [0.5, 0.6) is 0 Å². The van der Waals surface area contributed by atoms with Crippen LogP contribution in [-0.4, -0.2) is 15.2 Å². The van der Waals surface area contributed by atoms with E-state index in [2.05, 4.69) is 34.0 Å². The third kappa shape index (κ3) is 2.35. The number of rotatable bonds is 3. The number of hydrogen-bond acceptors (Lipinski definition) is 1. The second-order valence-electron chi connectivity index (χ2n) is 4.24. The van der Waals surface area contributed by atoms with Crippen molar-refractivity contribution in [3.8, 4) is 0 Å². The Kier molecular flexibility index (Phi) is 3.75. The molecule has 0 spiro atoms. The molecule has 0 amide bonds. The monoisotopic (exact) mass is 302 g/mol. The van der Waals surface area contributed by atoms with Crippen molar-refractivity contribution < 1.29 is 0 Å². The summed E-state index contributed by atoms with van der Waals surface area (Å²) in [6.45, 7) is 2.13. The first-order valence-electron chi connectivity index (χ1n) is 5.65. The van der Waals surface area contributed by atoms with Crippen LogP contribution >= 0.6 is 27.5 Å². The predicted molar refractivity (Wildman–Crippen MR) is 70.9 cm³/mol. The van der Waals surface area contributed by atoms with Gasteiger partial charge >= 0.3 is 0 Å². The van der Waals surface area contributed by atoms with Crippen molar-refractivity contribution in [3.05, 3.63) is 27.5 Å². The maximum absolute atomic E-state index is 6.07. The molecule has 1 unspecified atom stereocenters. The molecule has 0 aromatic carbocycles. The topological polar surface area (TPSA) is 17.8 Å². The van der Waals surface area contributed by atoms with Gasteiger partial charge in [0.2, 0.25) is 0 Å². The SMILES string of the molecule is CCc1nn(C)c(CC2=CC(Cl)CC2)c1Br. The fourth-order valence-electron chi connectivity index (χ4n) is 2.12. The average Bonchev–Trinajstić information content (AvgIpc) is 2.77. The molecule has 1 aromatic rings. The Morgan fingerprint density at radius 2 is 2.38 bits per heavy atom. The smallest absolute Gasteiger partial charge is 0.0766 e. The van der Waals surface area contributed by atoms with Crippen LogP contribution in [0.1, 0.15) is 31.2 Å². The summed E-state index contributed by atoms with van der Waals surface area (Å²) in [7, 11) is 2.01. The van der Waals surface area contributed by atoms with Crippen molar-refractivity contribution in [2.45, 2.75) is 38.0 Å². The largest absolute Gasteiger partial charge is 0.271 e. The lowest BCUT2D eigenvalue weighted by Crippen LogP contribution is -1.99. The summed E-state index contributed by atoms with van der Waals surface area (Å²) < 4.78 is 3.14. The minimum absolute atomic E-state index is 0.229. The number of halogens is 2. The van der Waals surface area contributed by atoms with E-state index in [1.54, 1.807) is 0 Å². The van der Waals surface area contributed by atoms with Crippen LogP contribution in [0.15, 0.2) is 16.1 Å². The van der Waals surface area contributed by atoms with Gasteiger partial charge in [-0.1, -0.05) is 18.6 Å². The normalized spacial score (nSPS) is 20.2. The first-order chi connectivity index (χ1) is 7.61. The van der Waals surface area contributed by atoms with E-state index in [-0.39, 0.29) is 5.38 Å². The molecular weight excluding hydrogens is 288 g/mol. The van der Waals surface area contributed by atoms with E-state index >= 15 is 0 Å². The molecule has 4 heteroatoms. The van der Waals surface area contributed by atoms with Crippen LogP contribution < -0.4 is 0 Å². The highest BCUT2D eigenvalue weighted by atomic mass is 79.9. The summed E-state index contributed by atoms with van der Waals surface area (Å²) in [6, 6.07) is 0. The lowest BCUT2D eigenvalue weighted by atomic mass is 10.1. The Hall–Kier alpha value is -0.280. The van der Waals surface area contributed by atoms with Crippen molar-refractivity contribution in [1.82, 2.24) is 9.78 Å². The second kappa shape index (κ2) is 4.92. The van der Waals surface area contributed by atoms with E-state index in [1.165, 1.54) is 11.3 Å². The summed E-state index contributed by atoms with van der Waals surface area (Å²) in [5, 5.41) is 4.73. The molecule has 0 N–H and O–H groups in total. The fourth-order valence-corrected chi connectivity index (χ4v) is 3.16. The number of hydrogen-bond donors (Lipinski definition) is 0. The van der Waals surface area contributed by atoms with Crippen LogP contribution in [0, 0.1) is 0 Å². The van der Waals surface area contributed by atoms with Crippen molar-refractivity contribution in [2.24, 2.45) is 7.05 Å². The molecule has 88 valence electrons. The first kappa shape index (κ1) is 12.2. The van der Waals surface area contributed by atoms with E-state index < -0.39 is 0 Å². The molecule has 2 rings (SSSR count).